The molecule has 6 heteroatoms. The number of thiophene rings is 1. The fraction of sp³-hybridized carbons (Fsp3) is 0.167. The second kappa shape index (κ2) is 5.34. The average Bonchev–Trinajstić information content (AvgIpc) is 2.81. The summed E-state index contributed by atoms with van der Waals surface area (Å²) in [5.74, 6) is -0.419. The van der Waals surface area contributed by atoms with Crippen molar-refractivity contribution in [1.82, 2.24) is 0 Å². The number of hydrogen-bond acceptors (Lipinski definition) is 3. The van der Waals surface area contributed by atoms with Crippen LogP contribution in [0.2, 0.25) is 0 Å². The number of nitrogens with two attached hydrogens (primary N) is 1. The molecule has 0 fully saturated rings. The van der Waals surface area contributed by atoms with Crippen molar-refractivity contribution in [2.75, 3.05) is 7.11 Å². The molecule has 2 rings (SSSR count). The van der Waals surface area contributed by atoms with Gasteiger partial charge in [-0.2, -0.15) is 0 Å². The summed E-state index contributed by atoms with van der Waals surface area (Å²) in [6, 6.07) is 3.20. The topological polar surface area (TPSA) is 35.2 Å². The molecule has 0 aliphatic rings. The standard InChI is InChI=1S/C12H10BrF2NOS/c1-17-6-2-11(18-5-6)12(16)7-3-10(15)8(13)4-9(7)14/h2-5,12H,16H2,1H3. The maximum absolute atomic E-state index is 13.8. The highest BCUT2D eigenvalue weighted by molar-refractivity contribution is 9.10. The van der Waals surface area contributed by atoms with E-state index in [2.05, 4.69) is 15.9 Å². The van der Waals surface area contributed by atoms with Gasteiger partial charge in [-0.25, -0.2) is 8.78 Å². The fourth-order valence-corrected chi connectivity index (χ4v) is 2.72. The summed E-state index contributed by atoms with van der Waals surface area (Å²) in [7, 11) is 1.54. The molecule has 96 valence electrons. The molecular weight excluding hydrogens is 324 g/mol. The van der Waals surface area contributed by atoms with E-state index < -0.39 is 17.7 Å². The molecular formula is C12H10BrF2NOS. The minimum Gasteiger partial charge on any atom is -0.496 e. The van der Waals surface area contributed by atoms with Crippen LogP contribution in [0.5, 0.6) is 5.75 Å². The Morgan fingerprint density at radius 2 is 2.00 bits per heavy atom. The van der Waals surface area contributed by atoms with Gasteiger partial charge in [0.15, 0.2) is 0 Å². The normalized spacial score (nSPS) is 12.5. The molecule has 0 aliphatic heterocycles. The highest BCUT2D eigenvalue weighted by Gasteiger charge is 2.18. The van der Waals surface area contributed by atoms with Crippen LogP contribution >= 0.6 is 27.3 Å². The maximum Gasteiger partial charge on any atom is 0.137 e. The first kappa shape index (κ1) is 13.5. The summed E-state index contributed by atoms with van der Waals surface area (Å²) >= 11 is 4.27. The Hall–Kier alpha value is -0.980. The molecule has 1 aromatic carbocycles. The molecule has 0 aliphatic carbocycles. The zero-order valence-electron chi connectivity index (χ0n) is 9.41. The molecule has 0 bridgehead atoms. The van der Waals surface area contributed by atoms with E-state index in [-0.39, 0.29) is 10.0 Å². The van der Waals surface area contributed by atoms with Gasteiger partial charge in [0, 0.05) is 15.8 Å². The second-order valence-electron chi connectivity index (χ2n) is 3.65. The summed E-state index contributed by atoms with van der Waals surface area (Å²) in [6.45, 7) is 0. The van der Waals surface area contributed by atoms with E-state index in [1.54, 1.807) is 11.4 Å². The Kier molecular flexibility index (Phi) is 3.99. The van der Waals surface area contributed by atoms with Crippen molar-refractivity contribution in [3.8, 4) is 5.75 Å². The van der Waals surface area contributed by atoms with E-state index in [4.69, 9.17) is 10.5 Å². The van der Waals surface area contributed by atoms with Crippen molar-refractivity contribution in [1.29, 1.82) is 0 Å². The summed E-state index contributed by atoms with van der Waals surface area (Å²) < 4.78 is 32.3. The third-order valence-electron chi connectivity index (χ3n) is 2.51. The van der Waals surface area contributed by atoms with Crippen molar-refractivity contribution in [3.63, 3.8) is 0 Å². The van der Waals surface area contributed by atoms with Gasteiger partial charge in [-0.15, -0.1) is 11.3 Å². The number of ether oxygens (including phenoxy) is 1. The van der Waals surface area contributed by atoms with Crippen LogP contribution in [0.4, 0.5) is 8.78 Å². The van der Waals surface area contributed by atoms with Gasteiger partial charge in [-0.1, -0.05) is 0 Å². The third-order valence-corrected chi connectivity index (χ3v) is 4.11. The van der Waals surface area contributed by atoms with Crippen LogP contribution in [0.1, 0.15) is 16.5 Å². The molecule has 1 atom stereocenters. The highest BCUT2D eigenvalue weighted by Crippen LogP contribution is 2.32. The van der Waals surface area contributed by atoms with Crippen LogP contribution in [-0.4, -0.2) is 7.11 Å². The number of benzene rings is 1. The molecule has 1 heterocycles. The number of hydrogen-bond donors (Lipinski definition) is 1. The lowest BCUT2D eigenvalue weighted by molar-refractivity contribution is 0.416. The lowest BCUT2D eigenvalue weighted by Crippen LogP contribution is -2.12. The van der Waals surface area contributed by atoms with Gasteiger partial charge in [0.1, 0.15) is 17.4 Å². The lowest BCUT2D eigenvalue weighted by atomic mass is 10.1. The van der Waals surface area contributed by atoms with Crippen LogP contribution in [0.3, 0.4) is 0 Å². The molecule has 0 radical (unpaired) electrons. The van der Waals surface area contributed by atoms with Crippen molar-refractivity contribution in [2.24, 2.45) is 5.73 Å². The number of rotatable bonds is 3. The second-order valence-corrected chi connectivity index (χ2v) is 5.45. The molecule has 0 amide bonds. The Morgan fingerprint density at radius 3 is 2.61 bits per heavy atom. The summed E-state index contributed by atoms with van der Waals surface area (Å²) in [5.41, 5.74) is 6.06. The number of methoxy groups -OCH3 is 1. The summed E-state index contributed by atoms with van der Waals surface area (Å²) in [4.78, 5) is 0.715. The van der Waals surface area contributed by atoms with Gasteiger partial charge in [0.2, 0.25) is 0 Å². The van der Waals surface area contributed by atoms with Crippen LogP contribution in [0.15, 0.2) is 28.1 Å². The van der Waals surface area contributed by atoms with Crippen LogP contribution < -0.4 is 10.5 Å². The molecule has 2 N–H and O–H groups in total. The highest BCUT2D eigenvalue weighted by atomic mass is 79.9. The predicted molar refractivity (Wildman–Crippen MR) is 71.0 cm³/mol. The summed E-state index contributed by atoms with van der Waals surface area (Å²) in [5, 5.41) is 1.77. The summed E-state index contributed by atoms with van der Waals surface area (Å²) in [6.07, 6.45) is 0. The van der Waals surface area contributed by atoms with E-state index in [1.165, 1.54) is 18.4 Å². The van der Waals surface area contributed by atoms with Gasteiger partial charge in [-0.3, -0.25) is 0 Å². The van der Waals surface area contributed by atoms with Gasteiger partial charge < -0.3 is 10.5 Å². The van der Waals surface area contributed by atoms with Crippen LogP contribution in [0.25, 0.3) is 0 Å². The molecule has 2 aromatic rings. The minimum absolute atomic E-state index is 0.0831. The Labute approximate surface area is 116 Å². The van der Waals surface area contributed by atoms with Crippen molar-refractivity contribution in [2.45, 2.75) is 6.04 Å². The predicted octanol–water partition coefficient (Wildman–Crippen LogP) is 3.85. The average molecular weight is 334 g/mol. The monoisotopic (exact) mass is 333 g/mol. The first-order valence-corrected chi connectivity index (χ1v) is 6.72. The Morgan fingerprint density at radius 1 is 1.28 bits per heavy atom. The fourth-order valence-electron chi connectivity index (χ4n) is 1.53. The Bertz CT molecular complexity index is 573. The zero-order valence-corrected chi connectivity index (χ0v) is 11.8. The molecule has 0 spiro atoms. The van der Waals surface area contributed by atoms with Crippen LogP contribution in [-0.2, 0) is 0 Å². The van der Waals surface area contributed by atoms with Crippen molar-refractivity contribution < 1.29 is 13.5 Å². The van der Waals surface area contributed by atoms with Gasteiger partial charge in [0.25, 0.3) is 0 Å². The SMILES string of the molecule is COc1csc(C(N)c2cc(F)c(Br)cc2F)c1. The molecule has 0 saturated carbocycles. The quantitative estimate of drug-likeness (QED) is 0.866. The van der Waals surface area contributed by atoms with Crippen LogP contribution in [0, 0.1) is 11.6 Å². The van der Waals surface area contributed by atoms with E-state index in [1.807, 2.05) is 0 Å². The van der Waals surface area contributed by atoms with Gasteiger partial charge >= 0.3 is 0 Å². The van der Waals surface area contributed by atoms with E-state index in [9.17, 15) is 8.78 Å². The first-order chi connectivity index (χ1) is 8.52. The van der Waals surface area contributed by atoms with Gasteiger partial charge in [-0.05, 0) is 34.1 Å². The Balaban J connectivity index is 2.39. The number of halogens is 3. The molecule has 18 heavy (non-hydrogen) atoms. The van der Waals surface area contributed by atoms with E-state index in [0.29, 0.717) is 10.6 Å². The largest absolute Gasteiger partial charge is 0.496 e. The minimum atomic E-state index is -0.707. The molecule has 0 saturated heterocycles. The third kappa shape index (κ3) is 2.55. The maximum atomic E-state index is 13.8. The van der Waals surface area contributed by atoms with Crippen molar-refractivity contribution >= 4 is 27.3 Å². The molecule has 1 unspecified atom stereocenters. The smallest absolute Gasteiger partial charge is 0.137 e. The van der Waals surface area contributed by atoms with Gasteiger partial charge in [0.05, 0.1) is 17.6 Å². The first-order valence-electron chi connectivity index (χ1n) is 5.05. The van der Waals surface area contributed by atoms with Crippen molar-refractivity contribution in [3.05, 3.63) is 50.1 Å². The zero-order chi connectivity index (χ0) is 13.3. The molecule has 1 aromatic heterocycles. The lowest BCUT2D eigenvalue weighted by Gasteiger charge is -2.11. The molecule has 2 nitrogen and oxygen atoms in total. The van der Waals surface area contributed by atoms with E-state index in [0.717, 1.165) is 12.1 Å². The van der Waals surface area contributed by atoms with E-state index >= 15 is 0 Å².